The van der Waals surface area contributed by atoms with Crippen molar-refractivity contribution in [3.05, 3.63) is 35.4 Å². The number of carbonyl (C=O) groups is 1. The van der Waals surface area contributed by atoms with Crippen molar-refractivity contribution in [1.29, 1.82) is 0 Å². The predicted molar refractivity (Wildman–Crippen MR) is 65.4 cm³/mol. The molecule has 0 aromatic heterocycles. The highest BCUT2D eigenvalue weighted by Gasteiger charge is 2.57. The summed E-state index contributed by atoms with van der Waals surface area (Å²) in [6.45, 7) is 0.0608. The third kappa shape index (κ3) is 2.75. The third-order valence-electron chi connectivity index (χ3n) is 2.92. The molecule has 0 radical (unpaired) electrons. The van der Waals surface area contributed by atoms with Gasteiger partial charge in [-0.2, -0.15) is 0 Å². The molecular weight excluding hydrogens is 283 g/mol. The van der Waals surface area contributed by atoms with Crippen molar-refractivity contribution in [2.45, 2.75) is 17.3 Å². The molecule has 98 valence electrons. The van der Waals surface area contributed by atoms with Crippen molar-refractivity contribution in [2.24, 2.45) is 5.92 Å². The molecule has 1 amide bonds. The Bertz CT molecular complexity index is 493. The molecule has 0 N–H and O–H groups in total. The van der Waals surface area contributed by atoms with Crippen molar-refractivity contribution in [3.63, 3.8) is 0 Å². The Kier molecular flexibility index (Phi) is 3.52. The molecule has 1 unspecified atom stereocenters. The molecule has 18 heavy (non-hydrogen) atoms. The standard InChI is InChI=1S/C12H11Cl2F2NO/c1-17(11(18)9-5-12(9,13)14)6-7-2-3-8(15)4-10(7)16/h2-4,9H,5-6H2,1H3. The van der Waals surface area contributed by atoms with Gasteiger partial charge in [0, 0.05) is 25.2 Å². The number of hydrogen-bond acceptors (Lipinski definition) is 1. The lowest BCUT2D eigenvalue weighted by molar-refractivity contribution is -0.131. The lowest BCUT2D eigenvalue weighted by Gasteiger charge is -2.18. The van der Waals surface area contributed by atoms with Gasteiger partial charge in [0.25, 0.3) is 0 Å². The van der Waals surface area contributed by atoms with Gasteiger partial charge in [0.15, 0.2) is 0 Å². The molecule has 0 bridgehead atoms. The molecule has 1 aromatic carbocycles. The summed E-state index contributed by atoms with van der Waals surface area (Å²) in [5, 5.41) is 0. The van der Waals surface area contributed by atoms with E-state index >= 15 is 0 Å². The Hall–Kier alpha value is -0.870. The Labute approximate surface area is 113 Å². The quantitative estimate of drug-likeness (QED) is 0.784. The summed E-state index contributed by atoms with van der Waals surface area (Å²) in [4.78, 5) is 13.2. The van der Waals surface area contributed by atoms with E-state index in [4.69, 9.17) is 23.2 Å². The Morgan fingerprint density at radius 1 is 1.50 bits per heavy atom. The van der Waals surface area contributed by atoms with Crippen LogP contribution in [0.15, 0.2) is 18.2 Å². The molecule has 2 rings (SSSR count). The highest BCUT2D eigenvalue weighted by atomic mass is 35.5. The zero-order valence-electron chi connectivity index (χ0n) is 9.59. The second-order valence-electron chi connectivity index (χ2n) is 4.45. The van der Waals surface area contributed by atoms with Crippen LogP contribution in [-0.2, 0) is 11.3 Å². The maximum atomic E-state index is 13.4. The van der Waals surface area contributed by atoms with Gasteiger partial charge in [0.1, 0.15) is 16.0 Å². The summed E-state index contributed by atoms with van der Waals surface area (Å²) in [7, 11) is 1.54. The summed E-state index contributed by atoms with van der Waals surface area (Å²) in [6.07, 6.45) is 0.408. The third-order valence-corrected chi connectivity index (χ3v) is 3.76. The molecule has 1 fully saturated rings. The monoisotopic (exact) mass is 293 g/mol. The van der Waals surface area contributed by atoms with Gasteiger partial charge in [-0.25, -0.2) is 8.78 Å². The van der Waals surface area contributed by atoms with Crippen LogP contribution in [0.1, 0.15) is 12.0 Å². The minimum atomic E-state index is -0.993. The highest BCUT2D eigenvalue weighted by molar-refractivity contribution is 6.52. The lowest BCUT2D eigenvalue weighted by Crippen LogP contribution is -2.29. The first-order chi connectivity index (χ1) is 8.31. The van der Waals surface area contributed by atoms with Crippen LogP contribution in [0.5, 0.6) is 0 Å². The van der Waals surface area contributed by atoms with E-state index in [2.05, 4.69) is 0 Å². The van der Waals surface area contributed by atoms with Gasteiger partial charge >= 0.3 is 0 Å². The van der Waals surface area contributed by atoms with E-state index < -0.39 is 21.9 Å². The number of halogens is 4. The van der Waals surface area contributed by atoms with Crippen LogP contribution >= 0.6 is 23.2 Å². The van der Waals surface area contributed by atoms with Crippen LogP contribution in [0, 0.1) is 17.6 Å². The second kappa shape index (κ2) is 4.67. The SMILES string of the molecule is CN(Cc1ccc(F)cc1F)C(=O)C1CC1(Cl)Cl. The van der Waals surface area contributed by atoms with Crippen molar-refractivity contribution in [2.75, 3.05) is 7.05 Å². The van der Waals surface area contributed by atoms with E-state index in [0.29, 0.717) is 6.42 Å². The van der Waals surface area contributed by atoms with Gasteiger partial charge in [-0.3, -0.25) is 4.79 Å². The van der Waals surface area contributed by atoms with E-state index in [9.17, 15) is 13.6 Å². The van der Waals surface area contributed by atoms with Crippen molar-refractivity contribution in [3.8, 4) is 0 Å². The normalized spacial score (nSPS) is 20.6. The first-order valence-corrected chi connectivity index (χ1v) is 6.13. The van der Waals surface area contributed by atoms with Gasteiger partial charge in [0.05, 0.1) is 5.92 Å². The lowest BCUT2D eigenvalue weighted by atomic mass is 10.2. The van der Waals surface area contributed by atoms with Gasteiger partial charge in [-0.05, 0) is 12.5 Å². The minimum Gasteiger partial charge on any atom is -0.341 e. The number of amides is 1. The summed E-state index contributed by atoms with van der Waals surface area (Å²) in [5.41, 5.74) is 0.252. The Balaban J connectivity index is 2.03. The molecule has 0 aliphatic heterocycles. The zero-order chi connectivity index (χ0) is 13.5. The Morgan fingerprint density at radius 3 is 2.61 bits per heavy atom. The highest BCUT2D eigenvalue weighted by Crippen LogP contribution is 2.53. The molecule has 2 nitrogen and oxygen atoms in total. The van der Waals surface area contributed by atoms with Crippen molar-refractivity contribution >= 4 is 29.1 Å². The van der Waals surface area contributed by atoms with Crippen LogP contribution in [0.25, 0.3) is 0 Å². The number of nitrogens with zero attached hydrogens (tertiary/aromatic N) is 1. The maximum Gasteiger partial charge on any atom is 0.228 e. The summed E-state index contributed by atoms with van der Waals surface area (Å²) in [6, 6.07) is 3.26. The smallest absolute Gasteiger partial charge is 0.228 e. The number of hydrogen-bond donors (Lipinski definition) is 0. The van der Waals surface area contributed by atoms with E-state index in [1.54, 1.807) is 0 Å². The fourth-order valence-corrected chi connectivity index (χ4v) is 2.23. The van der Waals surface area contributed by atoms with Crippen molar-refractivity contribution < 1.29 is 13.6 Å². The molecule has 0 saturated heterocycles. The molecule has 1 aliphatic carbocycles. The Morgan fingerprint density at radius 2 is 2.11 bits per heavy atom. The molecule has 1 aromatic rings. The molecule has 0 spiro atoms. The van der Waals surface area contributed by atoms with E-state index in [0.717, 1.165) is 12.1 Å². The van der Waals surface area contributed by atoms with Gasteiger partial charge < -0.3 is 4.90 Å². The topological polar surface area (TPSA) is 20.3 Å². The fourth-order valence-electron chi connectivity index (χ4n) is 1.73. The first kappa shape index (κ1) is 13.6. The molecule has 0 heterocycles. The number of carbonyl (C=O) groups excluding carboxylic acids is 1. The summed E-state index contributed by atoms with van der Waals surface area (Å²) in [5.74, 6) is -1.99. The summed E-state index contributed by atoms with van der Waals surface area (Å²) < 4.78 is 25.1. The number of rotatable bonds is 3. The largest absolute Gasteiger partial charge is 0.341 e. The minimum absolute atomic E-state index is 0.0608. The average Bonchev–Trinajstić information content (AvgIpc) is 2.90. The van der Waals surface area contributed by atoms with E-state index in [1.807, 2.05) is 0 Å². The van der Waals surface area contributed by atoms with Gasteiger partial charge in [-0.1, -0.05) is 6.07 Å². The van der Waals surface area contributed by atoms with Crippen LogP contribution in [0.2, 0.25) is 0 Å². The average molecular weight is 294 g/mol. The predicted octanol–water partition coefficient (Wildman–Crippen LogP) is 3.12. The first-order valence-electron chi connectivity index (χ1n) is 5.38. The van der Waals surface area contributed by atoms with Gasteiger partial charge in [-0.15, -0.1) is 23.2 Å². The van der Waals surface area contributed by atoms with Gasteiger partial charge in [0.2, 0.25) is 5.91 Å². The molecular formula is C12H11Cl2F2NO. The summed E-state index contributed by atoms with van der Waals surface area (Å²) >= 11 is 11.6. The van der Waals surface area contributed by atoms with Crippen molar-refractivity contribution in [1.82, 2.24) is 4.90 Å². The maximum absolute atomic E-state index is 13.4. The van der Waals surface area contributed by atoms with E-state index in [-0.39, 0.29) is 18.0 Å². The molecule has 6 heteroatoms. The molecule has 1 saturated carbocycles. The fraction of sp³-hybridized carbons (Fsp3) is 0.417. The molecule has 1 atom stereocenters. The second-order valence-corrected chi connectivity index (χ2v) is 5.99. The van der Waals surface area contributed by atoms with Crippen LogP contribution in [0.3, 0.4) is 0 Å². The zero-order valence-corrected chi connectivity index (χ0v) is 11.1. The number of alkyl halides is 2. The van der Waals surface area contributed by atoms with Crippen LogP contribution < -0.4 is 0 Å². The molecule has 1 aliphatic rings. The van der Waals surface area contributed by atoms with E-state index in [1.165, 1.54) is 18.0 Å². The van der Waals surface area contributed by atoms with Crippen LogP contribution in [-0.4, -0.2) is 22.2 Å². The number of benzene rings is 1. The van der Waals surface area contributed by atoms with Crippen LogP contribution in [0.4, 0.5) is 8.78 Å².